The minimum Gasteiger partial charge on any atom is -0.356 e. The minimum atomic E-state index is -3.44. The first-order chi connectivity index (χ1) is 11.0. The monoisotopic (exact) mass is 327 g/mol. The number of aryl methyl sites for hydroxylation is 2. The van der Waals surface area contributed by atoms with Gasteiger partial charge in [0.15, 0.2) is 15.6 Å². The number of hydrogen-bond donors (Lipinski definition) is 0. The Bertz CT molecular complexity index is 928. The van der Waals surface area contributed by atoms with E-state index in [0.717, 1.165) is 16.7 Å². The van der Waals surface area contributed by atoms with Crippen molar-refractivity contribution in [1.82, 2.24) is 5.16 Å². The molecule has 0 saturated carbocycles. The maximum Gasteiger partial charge on any atom is 0.184 e. The summed E-state index contributed by atoms with van der Waals surface area (Å²) in [6, 6.07) is 16.3. The van der Waals surface area contributed by atoms with Crippen LogP contribution in [-0.4, -0.2) is 13.6 Å². The van der Waals surface area contributed by atoms with Crippen molar-refractivity contribution in [2.24, 2.45) is 0 Å². The van der Waals surface area contributed by atoms with Crippen molar-refractivity contribution < 1.29 is 12.9 Å². The van der Waals surface area contributed by atoms with E-state index in [1.54, 1.807) is 18.2 Å². The van der Waals surface area contributed by atoms with Gasteiger partial charge in [-0.25, -0.2) is 8.42 Å². The molecule has 0 atom stereocenters. The lowest BCUT2D eigenvalue weighted by atomic mass is 10.1. The lowest BCUT2D eigenvalue weighted by Gasteiger charge is -2.05. The average Bonchev–Trinajstić information content (AvgIpc) is 2.98. The summed E-state index contributed by atoms with van der Waals surface area (Å²) in [5.74, 6) is 0.391. The fourth-order valence-corrected chi connectivity index (χ4v) is 3.63. The molecule has 0 amide bonds. The van der Waals surface area contributed by atoms with Crippen LogP contribution in [0.5, 0.6) is 0 Å². The zero-order chi connectivity index (χ0) is 16.4. The van der Waals surface area contributed by atoms with E-state index < -0.39 is 9.84 Å². The summed E-state index contributed by atoms with van der Waals surface area (Å²) < 4.78 is 30.3. The van der Waals surface area contributed by atoms with Gasteiger partial charge >= 0.3 is 0 Å². The zero-order valence-corrected chi connectivity index (χ0v) is 13.8. The molecule has 23 heavy (non-hydrogen) atoms. The van der Waals surface area contributed by atoms with Gasteiger partial charge in [0.1, 0.15) is 5.75 Å². The normalized spacial score (nSPS) is 11.6. The van der Waals surface area contributed by atoms with E-state index in [9.17, 15) is 8.42 Å². The highest BCUT2D eigenvalue weighted by atomic mass is 32.2. The largest absolute Gasteiger partial charge is 0.356 e. The summed E-state index contributed by atoms with van der Waals surface area (Å²) in [6.45, 7) is 3.85. The molecule has 4 nitrogen and oxygen atoms in total. The Balaban J connectivity index is 1.86. The summed E-state index contributed by atoms with van der Waals surface area (Å²) >= 11 is 0. The molecule has 5 heteroatoms. The van der Waals surface area contributed by atoms with Gasteiger partial charge in [-0.3, -0.25) is 0 Å². The van der Waals surface area contributed by atoms with Crippen LogP contribution in [-0.2, 0) is 15.6 Å². The number of hydrogen-bond acceptors (Lipinski definition) is 4. The smallest absolute Gasteiger partial charge is 0.184 e. The Morgan fingerprint density at radius 2 is 1.70 bits per heavy atom. The van der Waals surface area contributed by atoms with Crippen molar-refractivity contribution in [3.8, 4) is 11.3 Å². The van der Waals surface area contributed by atoms with Gasteiger partial charge in [-0.1, -0.05) is 41.6 Å². The Morgan fingerprint density at radius 1 is 0.957 bits per heavy atom. The van der Waals surface area contributed by atoms with Crippen LogP contribution in [0.15, 0.2) is 64.0 Å². The van der Waals surface area contributed by atoms with E-state index >= 15 is 0 Å². The molecule has 0 radical (unpaired) electrons. The zero-order valence-electron chi connectivity index (χ0n) is 13.0. The fourth-order valence-electron chi connectivity index (χ4n) is 2.30. The van der Waals surface area contributed by atoms with Gasteiger partial charge < -0.3 is 4.52 Å². The van der Waals surface area contributed by atoms with Gasteiger partial charge in [-0.2, -0.15) is 0 Å². The molecule has 0 N–H and O–H groups in total. The van der Waals surface area contributed by atoms with Crippen molar-refractivity contribution in [3.05, 3.63) is 71.4 Å². The van der Waals surface area contributed by atoms with E-state index in [1.807, 2.05) is 50.2 Å². The number of benzene rings is 2. The van der Waals surface area contributed by atoms with Gasteiger partial charge in [0.2, 0.25) is 0 Å². The van der Waals surface area contributed by atoms with Gasteiger partial charge in [-0.05, 0) is 37.1 Å². The van der Waals surface area contributed by atoms with Crippen molar-refractivity contribution >= 4 is 9.84 Å². The van der Waals surface area contributed by atoms with Crippen molar-refractivity contribution in [2.75, 3.05) is 0 Å². The second-order valence-electron chi connectivity index (χ2n) is 5.55. The van der Waals surface area contributed by atoms with Crippen LogP contribution in [0.1, 0.15) is 16.8 Å². The summed E-state index contributed by atoms with van der Waals surface area (Å²) in [6.07, 6.45) is 0. The summed E-state index contributed by atoms with van der Waals surface area (Å²) in [5, 5.41) is 3.89. The number of aromatic nitrogens is 1. The molecule has 1 aromatic heterocycles. The first-order valence-corrected chi connectivity index (χ1v) is 8.92. The molecule has 3 rings (SSSR count). The Morgan fingerprint density at radius 3 is 2.39 bits per heavy atom. The highest BCUT2D eigenvalue weighted by Crippen LogP contribution is 2.23. The van der Waals surface area contributed by atoms with Crippen molar-refractivity contribution in [3.63, 3.8) is 0 Å². The number of sulfone groups is 1. The highest BCUT2D eigenvalue weighted by Gasteiger charge is 2.19. The molecule has 0 fully saturated rings. The second kappa shape index (κ2) is 6.01. The molecule has 0 unspecified atom stereocenters. The first kappa shape index (κ1) is 15.5. The third-order valence-corrected chi connectivity index (χ3v) is 5.44. The molecular weight excluding hydrogens is 310 g/mol. The maximum absolute atomic E-state index is 12.5. The third-order valence-electron chi connectivity index (χ3n) is 3.79. The average molecular weight is 327 g/mol. The molecule has 0 aliphatic rings. The molecule has 0 bridgehead atoms. The third kappa shape index (κ3) is 3.35. The fraction of sp³-hybridized carbons (Fsp3) is 0.167. The molecule has 0 aliphatic carbocycles. The van der Waals surface area contributed by atoms with Crippen LogP contribution < -0.4 is 0 Å². The SMILES string of the molecule is Cc1ccc(S(=O)(=O)Cc2cc(-c3ccccc3)on2)cc1C. The lowest BCUT2D eigenvalue weighted by Crippen LogP contribution is -2.05. The Kier molecular flexibility index (Phi) is 4.05. The van der Waals surface area contributed by atoms with Crippen LogP contribution in [0.4, 0.5) is 0 Å². The summed E-state index contributed by atoms with van der Waals surface area (Å²) in [4.78, 5) is 0.310. The number of rotatable bonds is 4. The van der Waals surface area contributed by atoms with E-state index in [0.29, 0.717) is 16.3 Å². The van der Waals surface area contributed by atoms with E-state index in [1.165, 1.54) is 0 Å². The first-order valence-electron chi connectivity index (χ1n) is 7.27. The highest BCUT2D eigenvalue weighted by molar-refractivity contribution is 7.90. The molecule has 118 valence electrons. The minimum absolute atomic E-state index is 0.175. The predicted octanol–water partition coefficient (Wildman–Crippen LogP) is 3.93. The van der Waals surface area contributed by atoms with Crippen LogP contribution in [0.3, 0.4) is 0 Å². The van der Waals surface area contributed by atoms with Crippen molar-refractivity contribution in [1.29, 1.82) is 0 Å². The molecule has 0 spiro atoms. The molecule has 3 aromatic rings. The second-order valence-corrected chi connectivity index (χ2v) is 7.54. The molecule has 0 aliphatic heterocycles. The predicted molar refractivity (Wildman–Crippen MR) is 88.7 cm³/mol. The quantitative estimate of drug-likeness (QED) is 0.728. The van der Waals surface area contributed by atoms with Crippen LogP contribution in [0.2, 0.25) is 0 Å². The summed E-state index contributed by atoms with van der Waals surface area (Å²) in [7, 11) is -3.44. The van der Waals surface area contributed by atoms with Gasteiger partial charge in [0, 0.05) is 11.6 Å². The number of nitrogens with zero attached hydrogens (tertiary/aromatic N) is 1. The standard InChI is InChI=1S/C18H17NO3S/c1-13-8-9-17(10-14(13)2)23(20,21)12-16-11-18(22-19-16)15-6-4-3-5-7-15/h3-11H,12H2,1-2H3. The summed E-state index contributed by atoms with van der Waals surface area (Å²) in [5.41, 5.74) is 3.30. The Hall–Kier alpha value is -2.40. The van der Waals surface area contributed by atoms with Crippen LogP contribution in [0.25, 0.3) is 11.3 Å². The maximum atomic E-state index is 12.5. The Labute approximate surface area is 135 Å². The van der Waals surface area contributed by atoms with E-state index in [-0.39, 0.29) is 5.75 Å². The molecule has 0 saturated heterocycles. The van der Waals surface area contributed by atoms with Gasteiger partial charge in [0.05, 0.1) is 10.6 Å². The van der Waals surface area contributed by atoms with Crippen LogP contribution >= 0.6 is 0 Å². The molecular formula is C18H17NO3S. The van der Waals surface area contributed by atoms with E-state index in [2.05, 4.69) is 5.16 Å². The van der Waals surface area contributed by atoms with Gasteiger partial charge in [0.25, 0.3) is 0 Å². The van der Waals surface area contributed by atoms with Crippen LogP contribution in [0, 0.1) is 13.8 Å². The molecule has 1 heterocycles. The van der Waals surface area contributed by atoms with Gasteiger partial charge in [-0.15, -0.1) is 0 Å². The van der Waals surface area contributed by atoms with E-state index in [4.69, 9.17) is 4.52 Å². The van der Waals surface area contributed by atoms with Crippen molar-refractivity contribution in [2.45, 2.75) is 24.5 Å². The topological polar surface area (TPSA) is 60.2 Å². The molecule has 2 aromatic carbocycles. The lowest BCUT2D eigenvalue weighted by molar-refractivity contribution is 0.426.